The summed E-state index contributed by atoms with van der Waals surface area (Å²) in [5, 5.41) is 0.735. The predicted molar refractivity (Wildman–Crippen MR) is 79.4 cm³/mol. The molecule has 1 aliphatic rings. The molecule has 2 rings (SSSR count). The number of nitrogens with zero attached hydrogens (tertiary/aromatic N) is 2. The topological polar surface area (TPSA) is 32.5 Å². The minimum atomic E-state index is 0.647. The second-order valence-electron chi connectivity index (χ2n) is 5.02. The zero-order chi connectivity index (χ0) is 13.1. The average molecular weight is 268 g/mol. The number of hydrogen-bond acceptors (Lipinski definition) is 3. The number of rotatable bonds is 4. The summed E-state index contributed by atoms with van der Waals surface area (Å²) in [5.74, 6) is 0. The van der Waals surface area contributed by atoms with Gasteiger partial charge in [0, 0.05) is 25.3 Å². The third kappa shape index (κ3) is 2.90. The molecule has 1 aliphatic heterocycles. The van der Waals surface area contributed by atoms with Gasteiger partial charge in [-0.1, -0.05) is 18.5 Å². The molecular formula is C14H22ClN3. The van der Waals surface area contributed by atoms with Crippen LogP contribution in [-0.4, -0.2) is 37.6 Å². The summed E-state index contributed by atoms with van der Waals surface area (Å²) in [5.41, 5.74) is 7.50. The average Bonchev–Trinajstić information content (AvgIpc) is 2.76. The molecule has 4 heteroatoms. The second kappa shape index (κ2) is 5.81. The number of likely N-dealkylation sites (tertiary alicyclic amines) is 1. The van der Waals surface area contributed by atoms with Crippen molar-refractivity contribution in [1.29, 1.82) is 0 Å². The highest BCUT2D eigenvalue weighted by molar-refractivity contribution is 6.33. The van der Waals surface area contributed by atoms with E-state index in [1.807, 2.05) is 18.2 Å². The summed E-state index contributed by atoms with van der Waals surface area (Å²) in [6.45, 7) is 5.62. The Morgan fingerprint density at radius 3 is 2.94 bits per heavy atom. The van der Waals surface area contributed by atoms with Crippen molar-refractivity contribution in [1.82, 2.24) is 4.90 Å². The molecule has 0 saturated carbocycles. The quantitative estimate of drug-likeness (QED) is 0.852. The van der Waals surface area contributed by atoms with Crippen molar-refractivity contribution in [2.75, 3.05) is 37.3 Å². The first-order valence-electron chi connectivity index (χ1n) is 6.62. The van der Waals surface area contributed by atoms with Crippen LogP contribution < -0.4 is 10.6 Å². The minimum Gasteiger partial charge on any atom is -0.399 e. The minimum absolute atomic E-state index is 0.647. The predicted octanol–water partition coefficient (Wildman–Crippen LogP) is 2.84. The molecule has 0 bridgehead atoms. The number of nitrogens with two attached hydrogens (primary N) is 1. The van der Waals surface area contributed by atoms with Crippen molar-refractivity contribution < 1.29 is 0 Å². The van der Waals surface area contributed by atoms with Crippen molar-refractivity contribution in [3.8, 4) is 0 Å². The van der Waals surface area contributed by atoms with Crippen LogP contribution in [0.15, 0.2) is 18.2 Å². The van der Waals surface area contributed by atoms with Gasteiger partial charge >= 0.3 is 0 Å². The third-order valence-electron chi connectivity index (χ3n) is 3.77. The molecule has 0 radical (unpaired) electrons. The van der Waals surface area contributed by atoms with E-state index in [-0.39, 0.29) is 0 Å². The summed E-state index contributed by atoms with van der Waals surface area (Å²) in [6, 6.07) is 6.38. The normalized spacial score (nSPS) is 20.3. The van der Waals surface area contributed by atoms with Gasteiger partial charge < -0.3 is 10.6 Å². The molecule has 1 fully saturated rings. The standard InChI is InChI=1S/C14H22ClN3/c1-3-18-8-4-5-12(18)10-17(2)14-7-6-11(16)9-13(14)15/h6-7,9,12H,3-5,8,10,16H2,1-2H3. The monoisotopic (exact) mass is 267 g/mol. The van der Waals surface area contributed by atoms with Crippen LogP contribution in [0.3, 0.4) is 0 Å². The number of nitrogen functional groups attached to an aromatic ring is 1. The van der Waals surface area contributed by atoms with Gasteiger partial charge in [0.1, 0.15) is 0 Å². The molecule has 1 saturated heterocycles. The highest BCUT2D eigenvalue weighted by Gasteiger charge is 2.24. The molecule has 2 N–H and O–H groups in total. The molecule has 0 spiro atoms. The number of likely N-dealkylation sites (N-methyl/N-ethyl adjacent to an activating group) is 2. The molecular weight excluding hydrogens is 246 g/mol. The highest BCUT2D eigenvalue weighted by atomic mass is 35.5. The molecule has 3 nitrogen and oxygen atoms in total. The van der Waals surface area contributed by atoms with E-state index in [4.69, 9.17) is 17.3 Å². The Labute approximate surface area is 115 Å². The van der Waals surface area contributed by atoms with Crippen molar-refractivity contribution in [2.24, 2.45) is 0 Å². The molecule has 18 heavy (non-hydrogen) atoms. The maximum absolute atomic E-state index is 6.24. The van der Waals surface area contributed by atoms with Crippen LogP contribution in [0.25, 0.3) is 0 Å². The summed E-state index contributed by atoms with van der Waals surface area (Å²) < 4.78 is 0. The lowest BCUT2D eigenvalue weighted by atomic mass is 10.2. The van der Waals surface area contributed by atoms with Gasteiger partial charge in [-0.15, -0.1) is 0 Å². The van der Waals surface area contributed by atoms with Crippen molar-refractivity contribution in [2.45, 2.75) is 25.8 Å². The van der Waals surface area contributed by atoms with E-state index in [1.165, 1.54) is 19.4 Å². The van der Waals surface area contributed by atoms with E-state index in [0.29, 0.717) is 11.7 Å². The molecule has 0 aromatic heterocycles. The van der Waals surface area contributed by atoms with Crippen LogP contribution in [0.5, 0.6) is 0 Å². The van der Waals surface area contributed by atoms with Gasteiger partial charge in [0.15, 0.2) is 0 Å². The summed E-state index contributed by atoms with van der Waals surface area (Å²) in [4.78, 5) is 4.78. The Hall–Kier alpha value is -0.930. The number of anilines is 2. The fourth-order valence-corrected chi connectivity index (χ4v) is 3.10. The molecule has 1 atom stereocenters. The van der Waals surface area contributed by atoms with Crippen LogP contribution in [0.4, 0.5) is 11.4 Å². The Balaban J connectivity index is 2.05. The van der Waals surface area contributed by atoms with E-state index in [2.05, 4.69) is 23.8 Å². The smallest absolute Gasteiger partial charge is 0.0659 e. The summed E-state index contributed by atoms with van der Waals surface area (Å²) in [7, 11) is 2.10. The molecule has 1 aromatic carbocycles. The summed E-state index contributed by atoms with van der Waals surface area (Å²) in [6.07, 6.45) is 2.59. The van der Waals surface area contributed by atoms with E-state index in [9.17, 15) is 0 Å². The maximum Gasteiger partial charge on any atom is 0.0659 e. The first kappa shape index (κ1) is 13.5. The first-order chi connectivity index (χ1) is 8.61. The summed E-state index contributed by atoms with van der Waals surface area (Å²) >= 11 is 6.24. The Bertz CT molecular complexity index is 408. The zero-order valence-electron chi connectivity index (χ0n) is 11.2. The number of benzene rings is 1. The zero-order valence-corrected chi connectivity index (χ0v) is 12.0. The van der Waals surface area contributed by atoms with Gasteiger partial charge in [-0.3, -0.25) is 4.90 Å². The number of hydrogen-bond donors (Lipinski definition) is 1. The van der Waals surface area contributed by atoms with Gasteiger partial charge in [-0.05, 0) is 44.1 Å². The molecule has 1 heterocycles. The fraction of sp³-hybridized carbons (Fsp3) is 0.571. The molecule has 1 unspecified atom stereocenters. The van der Waals surface area contributed by atoms with Gasteiger partial charge in [-0.2, -0.15) is 0 Å². The third-order valence-corrected chi connectivity index (χ3v) is 4.08. The Kier molecular flexibility index (Phi) is 4.36. The van der Waals surface area contributed by atoms with Crippen LogP contribution >= 0.6 is 11.6 Å². The van der Waals surface area contributed by atoms with Crippen LogP contribution in [0.1, 0.15) is 19.8 Å². The van der Waals surface area contributed by atoms with Crippen molar-refractivity contribution in [3.05, 3.63) is 23.2 Å². The van der Waals surface area contributed by atoms with Crippen LogP contribution in [0, 0.1) is 0 Å². The maximum atomic E-state index is 6.24. The molecule has 0 aliphatic carbocycles. The van der Waals surface area contributed by atoms with E-state index >= 15 is 0 Å². The SMILES string of the molecule is CCN1CCCC1CN(C)c1ccc(N)cc1Cl. The van der Waals surface area contributed by atoms with E-state index in [1.54, 1.807) is 0 Å². The van der Waals surface area contributed by atoms with E-state index in [0.717, 1.165) is 23.8 Å². The van der Waals surface area contributed by atoms with Gasteiger partial charge in [0.2, 0.25) is 0 Å². The molecule has 1 aromatic rings. The largest absolute Gasteiger partial charge is 0.399 e. The van der Waals surface area contributed by atoms with Crippen LogP contribution in [-0.2, 0) is 0 Å². The molecule has 0 amide bonds. The van der Waals surface area contributed by atoms with Crippen LogP contribution in [0.2, 0.25) is 5.02 Å². The van der Waals surface area contributed by atoms with Gasteiger partial charge in [0.05, 0.1) is 10.7 Å². The second-order valence-corrected chi connectivity index (χ2v) is 5.42. The van der Waals surface area contributed by atoms with Gasteiger partial charge in [0.25, 0.3) is 0 Å². The lowest BCUT2D eigenvalue weighted by Crippen LogP contribution is -2.38. The van der Waals surface area contributed by atoms with Crippen molar-refractivity contribution >= 4 is 23.0 Å². The molecule has 100 valence electrons. The first-order valence-corrected chi connectivity index (χ1v) is 6.99. The fourth-order valence-electron chi connectivity index (χ4n) is 2.77. The number of halogens is 1. The van der Waals surface area contributed by atoms with Gasteiger partial charge in [-0.25, -0.2) is 0 Å². The van der Waals surface area contributed by atoms with Crippen molar-refractivity contribution in [3.63, 3.8) is 0 Å². The lowest BCUT2D eigenvalue weighted by Gasteiger charge is -2.29. The lowest BCUT2D eigenvalue weighted by molar-refractivity contribution is 0.270. The van der Waals surface area contributed by atoms with E-state index < -0.39 is 0 Å². The Morgan fingerprint density at radius 1 is 1.50 bits per heavy atom. The highest BCUT2D eigenvalue weighted by Crippen LogP contribution is 2.28. The Morgan fingerprint density at radius 2 is 2.28 bits per heavy atom.